The monoisotopic (exact) mass is 221 g/mol. The molecule has 0 fully saturated rings. The molecule has 1 amide bonds. The minimum absolute atomic E-state index is 0.331. The first-order chi connectivity index (χ1) is 6.46. The first kappa shape index (κ1) is 14.2. The highest BCUT2D eigenvalue weighted by molar-refractivity contribution is 5.66. The Morgan fingerprint density at radius 2 is 1.73 bits per heavy atom. The van der Waals surface area contributed by atoms with Gasteiger partial charge in [-0.15, -0.1) is 0 Å². The number of hydrogen-bond acceptors (Lipinski definition) is 2. The van der Waals surface area contributed by atoms with E-state index in [1.165, 1.54) is 13.8 Å². The van der Waals surface area contributed by atoms with Crippen molar-refractivity contribution in [1.29, 1.82) is 0 Å². The SMILES string of the molecule is CC(C)(O)C(F)CN(C(=O)O)C(C)(C)C. The van der Waals surface area contributed by atoms with Crippen molar-refractivity contribution >= 4 is 6.09 Å². The molecule has 1 atom stereocenters. The molecule has 90 valence electrons. The second-order valence-electron chi connectivity index (χ2n) is 5.19. The predicted octanol–water partition coefficient (Wildman–Crippen LogP) is 1.87. The normalized spacial score (nSPS) is 14.9. The Hall–Kier alpha value is -0.840. The highest BCUT2D eigenvalue weighted by Gasteiger charge is 2.34. The summed E-state index contributed by atoms with van der Waals surface area (Å²) in [7, 11) is 0. The number of alkyl halides is 1. The number of hydrogen-bond donors (Lipinski definition) is 2. The molecule has 0 aliphatic heterocycles. The topological polar surface area (TPSA) is 60.8 Å². The van der Waals surface area contributed by atoms with Gasteiger partial charge in [-0.1, -0.05) is 0 Å². The number of carbonyl (C=O) groups is 1. The molecule has 0 aromatic rings. The number of nitrogens with zero attached hydrogens (tertiary/aromatic N) is 1. The summed E-state index contributed by atoms with van der Waals surface area (Å²) in [6.45, 7) is 7.34. The number of carboxylic acid groups (broad SMARTS) is 1. The minimum atomic E-state index is -1.60. The maximum absolute atomic E-state index is 13.5. The molecule has 0 aromatic carbocycles. The van der Waals surface area contributed by atoms with Crippen molar-refractivity contribution in [3.63, 3.8) is 0 Å². The van der Waals surface area contributed by atoms with E-state index in [0.29, 0.717) is 0 Å². The van der Waals surface area contributed by atoms with Gasteiger partial charge >= 0.3 is 6.09 Å². The van der Waals surface area contributed by atoms with Crippen LogP contribution in [0.15, 0.2) is 0 Å². The fourth-order valence-corrected chi connectivity index (χ4v) is 1.02. The third-order valence-electron chi connectivity index (χ3n) is 2.15. The van der Waals surface area contributed by atoms with Crippen molar-refractivity contribution in [2.45, 2.75) is 51.9 Å². The number of amides is 1. The third kappa shape index (κ3) is 4.46. The quantitative estimate of drug-likeness (QED) is 0.764. The van der Waals surface area contributed by atoms with Gasteiger partial charge in [-0.05, 0) is 34.6 Å². The first-order valence-electron chi connectivity index (χ1n) is 4.83. The van der Waals surface area contributed by atoms with Crippen LogP contribution in [0.2, 0.25) is 0 Å². The molecule has 1 unspecified atom stereocenters. The van der Waals surface area contributed by atoms with Crippen LogP contribution in [-0.2, 0) is 0 Å². The summed E-state index contributed by atoms with van der Waals surface area (Å²) in [4.78, 5) is 11.9. The summed E-state index contributed by atoms with van der Waals surface area (Å²) in [5.41, 5.74) is -2.21. The predicted molar refractivity (Wildman–Crippen MR) is 55.7 cm³/mol. The van der Waals surface area contributed by atoms with Crippen molar-refractivity contribution < 1.29 is 19.4 Å². The van der Waals surface area contributed by atoms with Gasteiger partial charge in [0.25, 0.3) is 0 Å². The first-order valence-corrected chi connectivity index (χ1v) is 4.83. The van der Waals surface area contributed by atoms with E-state index < -0.39 is 23.4 Å². The van der Waals surface area contributed by atoms with Crippen LogP contribution in [0.4, 0.5) is 9.18 Å². The Labute approximate surface area is 89.7 Å². The molecule has 0 saturated heterocycles. The van der Waals surface area contributed by atoms with Gasteiger partial charge in [-0.2, -0.15) is 0 Å². The van der Waals surface area contributed by atoms with E-state index in [-0.39, 0.29) is 6.54 Å². The zero-order valence-corrected chi connectivity index (χ0v) is 9.91. The smallest absolute Gasteiger partial charge is 0.407 e. The lowest BCUT2D eigenvalue weighted by Crippen LogP contribution is -2.51. The van der Waals surface area contributed by atoms with Crippen LogP contribution >= 0.6 is 0 Å². The molecular formula is C10H20FNO3. The summed E-state index contributed by atoms with van der Waals surface area (Å²) >= 11 is 0. The van der Waals surface area contributed by atoms with E-state index in [9.17, 15) is 14.3 Å². The van der Waals surface area contributed by atoms with Crippen molar-refractivity contribution in [3.8, 4) is 0 Å². The molecule has 0 bridgehead atoms. The molecular weight excluding hydrogens is 201 g/mol. The van der Waals surface area contributed by atoms with Gasteiger partial charge in [0.2, 0.25) is 0 Å². The summed E-state index contributed by atoms with van der Waals surface area (Å²) < 4.78 is 13.5. The van der Waals surface area contributed by atoms with Crippen LogP contribution in [0.3, 0.4) is 0 Å². The fraction of sp³-hybridized carbons (Fsp3) is 0.900. The Balaban J connectivity index is 4.65. The molecule has 0 aliphatic carbocycles. The highest BCUT2D eigenvalue weighted by atomic mass is 19.1. The molecule has 0 aliphatic rings. The van der Waals surface area contributed by atoms with E-state index in [4.69, 9.17) is 5.11 Å². The van der Waals surface area contributed by atoms with E-state index in [0.717, 1.165) is 4.90 Å². The average Bonchev–Trinajstić information content (AvgIpc) is 1.94. The maximum Gasteiger partial charge on any atom is 0.407 e. The van der Waals surface area contributed by atoms with Crippen molar-refractivity contribution in [2.75, 3.05) is 6.54 Å². The van der Waals surface area contributed by atoms with E-state index >= 15 is 0 Å². The van der Waals surface area contributed by atoms with Crippen LogP contribution in [-0.4, -0.2) is 45.1 Å². The van der Waals surface area contributed by atoms with Crippen LogP contribution in [0, 0.1) is 0 Å². The van der Waals surface area contributed by atoms with Crippen molar-refractivity contribution in [2.24, 2.45) is 0 Å². The molecule has 0 heterocycles. The van der Waals surface area contributed by atoms with Gasteiger partial charge in [0.1, 0.15) is 6.17 Å². The van der Waals surface area contributed by atoms with Crippen molar-refractivity contribution in [1.82, 2.24) is 4.90 Å². The van der Waals surface area contributed by atoms with Gasteiger partial charge < -0.3 is 15.1 Å². The molecule has 0 spiro atoms. The Kier molecular flexibility index (Phi) is 4.10. The molecule has 2 N–H and O–H groups in total. The zero-order valence-electron chi connectivity index (χ0n) is 9.91. The summed E-state index contributed by atoms with van der Waals surface area (Å²) in [6, 6.07) is 0. The highest BCUT2D eigenvalue weighted by Crippen LogP contribution is 2.19. The number of aliphatic hydroxyl groups is 1. The lowest BCUT2D eigenvalue weighted by Gasteiger charge is -2.36. The van der Waals surface area contributed by atoms with Crippen molar-refractivity contribution in [3.05, 3.63) is 0 Å². The van der Waals surface area contributed by atoms with Crippen LogP contribution < -0.4 is 0 Å². The minimum Gasteiger partial charge on any atom is -0.465 e. The van der Waals surface area contributed by atoms with Gasteiger partial charge in [0.15, 0.2) is 0 Å². The molecule has 0 saturated carbocycles. The molecule has 15 heavy (non-hydrogen) atoms. The Morgan fingerprint density at radius 1 is 1.33 bits per heavy atom. The summed E-state index contributed by atoms with van der Waals surface area (Å²) in [6.07, 6.45) is -2.79. The van der Waals surface area contributed by atoms with Crippen LogP contribution in [0.1, 0.15) is 34.6 Å². The number of rotatable bonds is 3. The van der Waals surface area contributed by atoms with E-state index in [1.54, 1.807) is 20.8 Å². The standard InChI is InChI=1S/C10H20FNO3/c1-9(2,3)12(8(13)14)6-7(11)10(4,5)15/h7,15H,6H2,1-5H3,(H,13,14). The molecule has 0 aromatic heterocycles. The lowest BCUT2D eigenvalue weighted by molar-refractivity contribution is -0.0265. The summed E-state index contributed by atoms with van der Waals surface area (Å²) in [5, 5.41) is 18.3. The van der Waals surface area contributed by atoms with Gasteiger partial charge in [0, 0.05) is 5.54 Å². The lowest BCUT2D eigenvalue weighted by atomic mass is 10.00. The van der Waals surface area contributed by atoms with Crippen LogP contribution in [0.25, 0.3) is 0 Å². The van der Waals surface area contributed by atoms with Gasteiger partial charge in [-0.25, -0.2) is 9.18 Å². The van der Waals surface area contributed by atoms with E-state index in [2.05, 4.69) is 0 Å². The largest absolute Gasteiger partial charge is 0.465 e. The summed E-state index contributed by atoms with van der Waals surface area (Å²) in [5.74, 6) is 0. The fourth-order valence-electron chi connectivity index (χ4n) is 1.02. The molecule has 4 nitrogen and oxygen atoms in total. The van der Waals surface area contributed by atoms with Gasteiger partial charge in [0.05, 0.1) is 12.1 Å². The molecule has 0 rings (SSSR count). The average molecular weight is 221 g/mol. The Morgan fingerprint density at radius 3 is 1.93 bits per heavy atom. The second kappa shape index (κ2) is 4.35. The second-order valence-corrected chi connectivity index (χ2v) is 5.19. The Bertz CT molecular complexity index is 230. The third-order valence-corrected chi connectivity index (χ3v) is 2.15. The van der Waals surface area contributed by atoms with Crippen LogP contribution in [0.5, 0.6) is 0 Å². The number of halogens is 1. The zero-order chi connectivity index (χ0) is 12.4. The molecule has 5 heteroatoms. The molecule has 0 radical (unpaired) electrons. The maximum atomic E-state index is 13.5. The van der Waals surface area contributed by atoms with E-state index in [1.807, 2.05) is 0 Å². The van der Waals surface area contributed by atoms with Gasteiger partial charge in [-0.3, -0.25) is 0 Å².